The molecular weight excluding hydrogens is 401 g/mol. The smallest absolute Gasteiger partial charge is 0.258 e. The lowest BCUT2D eigenvalue weighted by Gasteiger charge is -2.11. The van der Waals surface area contributed by atoms with E-state index < -0.39 is 5.91 Å². The van der Waals surface area contributed by atoms with Crippen molar-refractivity contribution < 1.29 is 4.79 Å². The van der Waals surface area contributed by atoms with Gasteiger partial charge in [-0.1, -0.05) is 35.3 Å². The molecule has 0 unspecified atom stereocenters. The van der Waals surface area contributed by atoms with E-state index in [4.69, 9.17) is 35.4 Å². The number of anilines is 1. The van der Waals surface area contributed by atoms with Crippen LogP contribution in [0.4, 0.5) is 5.69 Å². The SMILES string of the molecule is O=C(NC(=S)Nc1ccc(Cc2ccncc2)cc1)c1ccc(Cl)cc1Cl. The molecule has 1 aromatic heterocycles. The molecule has 4 nitrogen and oxygen atoms in total. The van der Waals surface area contributed by atoms with Gasteiger partial charge < -0.3 is 5.32 Å². The van der Waals surface area contributed by atoms with Crippen molar-refractivity contribution >= 4 is 52.1 Å². The fourth-order valence-corrected chi connectivity index (χ4v) is 3.15. The molecule has 0 aliphatic carbocycles. The van der Waals surface area contributed by atoms with Gasteiger partial charge in [0.05, 0.1) is 10.6 Å². The second kappa shape index (κ2) is 8.95. The van der Waals surface area contributed by atoms with Crippen molar-refractivity contribution in [3.05, 3.63) is 93.7 Å². The van der Waals surface area contributed by atoms with E-state index >= 15 is 0 Å². The number of rotatable bonds is 4. The van der Waals surface area contributed by atoms with Gasteiger partial charge in [0, 0.05) is 23.1 Å². The molecule has 1 amide bonds. The highest BCUT2D eigenvalue weighted by Gasteiger charge is 2.12. The zero-order chi connectivity index (χ0) is 19.2. The lowest BCUT2D eigenvalue weighted by Crippen LogP contribution is -2.34. The van der Waals surface area contributed by atoms with Crippen LogP contribution in [-0.4, -0.2) is 16.0 Å². The summed E-state index contributed by atoms with van der Waals surface area (Å²) in [7, 11) is 0. The van der Waals surface area contributed by atoms with Gasteiger partial charge in [-0.2, -0.15) is 0 Å². The Hall–Kier alpha value is -2.47. The van der Waals surface area contributed by atoms with Crippen LogP contribution in [0, 0.1) is 0 Å². The molecule has 2 aromatic carbocycles. The fraction of sp³-hybridized carbons (Fsp3) is 0.0500. The van der Waals surface area contributed by atoms with E-state index in [0.717, 1.165) is 17.7 Å². The number of halogens is 2. The Morgan fingerprint density at radius 3 is 2.30 bits per heavy atom. The zero-order valence-corrected chi connectivity index (χ0v) is 16.4. The maximum atomic E-state index is 12.3. The van der Waals surface area contributed by atoms with Gasteiger partial charge in [0.1, 0.15) is 0 Å². The predicted octanol–water partition coefficient (Wildman–Crippen LogP) is 5.11. The highest BCUT2D eigenvalue weighted by molar-refractivity contribution is 7.80. The first-order valence-corrected chi connectivity index (χ1v) is 9.23. The number of benzene rings is 2. The molecule has 0 bridgehead atoms. The van der Waals surface area contributed by atoms with Crippen molar-refractivity contribution in [2.24, 2.45) is 0 Å². The first-order valence-electron chi connectivity index (χ1n) is 8.06. The number of aromatic nitrogens is 1. The molecule has 0 aliphatic rings. The topological polar surface area (TPSA) is 54.0 Å². The predicted molar refractivity (Wildman–Crippen MR) is 114 cm³/mol. The molecule has 3 rings (SSSR count). The molecule has 0 radical (unpaired) electrons. The molecule has 1 heterocycles. The molecular formula is C20H15Cl2N3OS. The number of pyridine rings is 1. The van der Waals surface area contributed by atoms with E-state index in [2.05, 4.69) is 15.6 Å². The summed E-state index contributed by atoms with van der Waals surface area (Å²) in [5, 5.41) is 6.51. The van der Waals surface area contributed by atoms with Gasteiger partial charge in [0.2, 0.25) is 0 Å². The molecule has 2 N–H and O–H groups in total. The molecule has 0 aliphatic heterocycles. The van der Waals surface area contributed by atoms with Crippen LogP contribution in [0.2, 0.25) is 10.0 Å². The second-order valence-electron chi connectivity index (χ2n) is 5.76. The molecule has 0 saturated heterocycles. The van der Waals surface area contributed by atoms with Crippen LogP contribution >= 0.6 is 35.4 Å². The Balaban J connectivity index is 1.58. The quantitative estimate of drug-likeness (QED) is 0.581. The number of amides is 1. The van der Waals surface area contributed by atoms with E-state index in [9.17, 15) is 4.79 Å². The largest absolute Gasteiger partial charge is 0.332 e. The Labute approximate surface area is 172 Å². The molecule has 7 heteroatoms. The summed E-state index contributed by atoms with van der Waals surface area (Å²) in [6.07, 6.45) is 4.37. The standard InChI is InChI=1S/C20H15Cl2N3OS/c21-15-3-6-17(18(22)12-15)19(26)25-20(27)24-16-4-1-13(2-5-16)11-14-7-9-23-10-8-14/h1-10,12H,11H2,(H2,24,25,26,27). The number of carbonyl (C=O) groups is 1. The van der Waals surface area contributed by atoms with Gasteiger partial charge in [-0.15, -0.1) is 0 Å². The third-order valence-corrected chi connectivity index (χ3v) is 4.52. The molecule has 136 valence electrons. The van der Waals surface area contributed by atoms with Crippen LogP contribution < -0.4 is 10.6 Å². The average Bonchev–Trinajstić information content (AvgIpc) is 2.64. The third-order valence-electron chi connectivity index (χ3n) is 3.77. The van der Waals surface area contributed by atoms with E-state index in [0.29, 0.717) is 10.6 Å². The van der Waals surface area contributed by atoms with Crippen molar-refractivity contribution in [1.82, 2.24) is 10.3 Å². The minimum absolute atomic E-state index is 0.188. The second-order valence-corrected chi connectivity index (χ2v) is 7.01. The van der Waals surface area contributed by atoms with Gasteiger partial charge in [-0.05, 0) is 72.2 Å². The van der Waals surface area contributed by atoms with Crippen molar-refractivity contribution in [3.8, 4) is 0 Å². The average molecular weight is 416 g/mol. The van der Waals surface area contributed by atoms with Gasteiger partial charge in [0.15, 0.2) is 5.11 Å². The molecule has 0 saturated carbocycles. The normalized spacial score (nSPS) is 10.3. The van der Waals surface area contributed by atoms with Crippen LogP contribution in [0.1, 0.15) is 21.5 Å². The van der Waals surface area contributed by atoms with Crippen molar-refractivity contribution in [2.75, 3.05) is 5.32 Å². The van der Waals surface area contributed by atoms with Gasteiger partial charge in [0.25, 0.3) is 5.91 Å². The Bertz CT molecular complexity index is 963. The zero-order valence-electron chi connectivity index (χ0n) is 14.1. The minimum Gasteiger partial charge on any atom is -0.332 e. The lowest BCUT2D eigenvalue weighted by atomic mass is 10.1. The molecule has 3 aromatic rings. The number of nitrogens with one attached hydrogen (secondary N) is 2. The molecule has 0 fully saturated rings. The van der Waals surface area contributed by atoms with Gasteiger partial charge >= 0.3 is 0 Å². The van der Waals surface area contributed by atoms with Crippen LogP contribution in [0.3, 0.4) is 0 Å². The summed E-state index contributed by atoms with van der Waals surface area (Å²) >= 11 is 17.1. The number of hydrogen-bond donors (Lipinski definition) is 2. The number of thiocarbonyl (C=S) groups is 1. The maximum Gasteiger partial charge on any atom is 0.258 e. The monoisotopic (exact) mass is 415 g/mol. The lowest BCUT2D eigenvalue weighted by molar-refractivity contribution is 0.0978. The van der Waals surface area contributed by atoms with Crippen molar-refractivity contribution in [1.29, 1.82) is 0 Å². The number of carbonyl (C=O) groups excluding carboxylic acids is 1. The summed E-state index contributed by atoms with van der Waals surface area (Å²) in [5.74, 6) is -0.400. The summed E-state index contributed by atoms with van der Waals surface area (Å²) in [6, 6.07) is 16.4. The van der Waals surface area contributed by atoms with Crippen molar-refractivity contribution in [2.45, 2.75) is 6.42 Å². The molecule has 0 atom stereocenters. The summed E-state index contributed by atoms with van der Waals surface area (Å²) in [5.41, 5.74) is 3.43. The number of nitrogens with zero attached hydrogens (tertiary/aromatic N) is 1. The van der Waals surface area contributed by atoms with E-state index in [1.54, 1.807) is 24.5 Å². The van der Waals surface area contributed by atoms with Gasteiger partial charge in [-0.25, -0.2) is 0 Å². The maximum absolute atomic E-state index is 12.3. The Morgan fingerprint density at radius 1 is 0.963 bits per heavy atom. The Morgan fingerprint density at radius 2 is 1.63 bits per heavy atom. The summed E-state index contributed by atoms with van der Waals surface area (Å²) in [6.45, 7) is 0. The van der Waals surface area contributed by atoms with Crippen LogP contribution in [0.5, 0.6) is 0 Å². The van der Waals surface area contributed by atoms with Crippen LogP contribution in [0.15, 0.2) is 67.0 Å². The third kappa shape index (κ3) is 5.50. The Kier molecular flexibility index (Phi) is 6.40. The number of hydrogen-bond acceptors (Lipinski definition) is 3. The van der Waals surface area contributed by atoms with Crippen LogP contribution in [-0.2, 0) is 6.42 Å². The van der Waals surface area contributed by atoms with Crippen LogP contribution in [0.25, 0.3) is 0 Å². The molecule has 27 heavy (non-hydrogen) atoms. The highest BCUT2D eigenvalue weighted by Crippen LogP contribution is 2.21. The summed E-state index contributed by atoms with van der Waals surface area (Å²) < 4.78 is 0. The van der Waals surface area contributed by atoms with E-state index in [-0.39, 0.29) is 10.1 Å². The van der Waals surface area contributed by atoms with Gasteiger partial charge in [-0.3, -0.25) is 15.1 Å². The van der Waals surface area contributed by atoms with E-state index in [1.165, 1.54) is 11.6 Å². The van der Waals surface area contributed by atoms with Crippen molar-refractivity contribution in [3.63, 3.8) is 0 Å². The first kappa shape index (κ1) is 19.3. The summed E-state index contributed by atoms with van der Waals surface area (Å²) in [4.78, 5) is 16.3. The van der Waals surface area contributed by atoms with E-state index in [1.807, 2.05) is 36.4 Å². The minimum atomic E-state index is -0.400. The fourth-order valence-electron chi connectivity index (χ4n) is 2.45. The molecule has 0 spiro atoms. The first-order chi connectivity index (χ1) is 13.0. The highest BCUT2D eigenvalue weighted by atomic mass is 35.5.